The van der Waals surface area contributed by atoms with Gasteiger partial charge in [0.1, 0.15) is 19.3 Å². The van der Waals surface area contributed by atoms with Gasteiger partial charge in [-0.25, -0.2) is 9.13 Å². The smallest absolute Gasteiger partial charge is 0.462 e. The minimum absolute atomic E-state index is 0.108. The SMILES string of the molecule is CCCCCCCCCCCCCCCCCCCCCC(=O)O[C@H](COC(=O)CCCCCCCCCCCCCCCC)COP(=O)(O)OC[C@@H](O)COP(=O)(O)OC[C@@H](COC(=O)CCCCCCCCC)OC(=O)CCCCCCCCCCCCCCCC. The number of phosphoric acid groups is 2. The zero-order valence-corrected chi connectivity index (χ0v) is 62.7. The van der Waals surface area contributed by atoms with E-state index >= 15 is 0 Å². The zero-order valence-electron chi connectivity index (χ0n) is 60.9. The number of unbranched alkanes of at least 4 members (excludes halogenated alkanes) is 50. The molecule has 0 aliphatic rings. The first kappa shape index (κ1) is 92.1. The van der Waals surface area contributed by atoms with Crippen molar-refractivity contribution in [3.05, 3.63) is 0 Å². The molecule has 0 fully saturated rings. The number of aliphatic hydroxyl groups excluding tert-OH is 1. The van der Waals surface area contributed by atoms with Crippen LogP contribution in [0.2, 0.25) is 0 Å². The summed E-state index contributed by atoms with van der Waals surface area (Å²) in [6, 6.07) is 0. The van der Waals surface area contributed by atoms with Gasteiger partial charge in [-0.2, -0.15) is 0 Å². The molecule has 3 N–H and O–H groups in total. The van der Waals surface area contributed by atoms with Crippen molar-refractivity contribution in [2.24, 2.45) is 0 Å². The van der Waals surface area contributed by atoms with Crippen LogP contribution in [0.25, 0.3) is 0 Å². The Kier molecular flexibility index (Phi) is 68.1. The fraction of sp³-hybridized carbons (Fsp3) is 0.947. The van der Waals surface area contributed by atoms with E-state index in [1.807, 2.05) is 0 Å². The summed E-state index contributed by atoms with van der Waals surface area (Å²) in [6.07, 6.45) is 59.7. The van der Waals surface area contributed by atoms with Gasteiger partial charge in [-0.1, -0.05) is 349 Å². The number of aliphatic hydroxyl groups is 1. The summed E-state index contributed by atoms with van der Waals surface area (Å²) in [6.45, 7) is 4.95. The highest BCUT2D eigenvalue weighted by atomic mass is 31.2. The largest absolute Gasteiger partial charge is 0.472 e. The Morgan fingerprint density at radius 2 is 0.426 bits per heavy atom. The van der Waals surface area contributed by atoms with Crippen LogP contribution in [0.4, 0.5) is 0 Å². The molecule has 0 aliphatic carbocycles. The van der Waals surface area contributed by atoms with Crippen LogP contribution in [-0.2, 0) is 65.4 Å². The summed E-state index contributed by atoms with van der Waals surface area (Å²) in [5.41, 5.74) is 0. The predicted molar refractivity (Wildman–Crippen MR) is 382 cm³/mol. The summed E-state index contributed by atoms with van der Waals surface area (Å²) < 4.78 is 68.4. The molecule has 0 spiro atoms. The van der Waals surface area contributed by atoms with Crippen LogP contribution in [0.15, 0.2) is 0 Å². The van der Waals surface area contributed by atoms with Gasteiger partial charge in [0.2, 0.25) is 0 Å². The quantitative estimate of drug-likeness (QED) is 0.0222. The van der Waals surface area contributed by atoms with Crippen LogP contribution < -0.4 is 0 Å². The number of carbonyl (C=O) groups is 4. The second kappa shape index (κ2) is 69.5. The molecule has 94 heavy (non-hydrogen) atoms. The van der Waals surface area contributed by atoms with Gasteiger partial charge in [-0.05, 0) is 25.7 Å². The molecule has 0 amide bonds. The van der Waals surface area contributed by atoms with Crippen molar-refractivity contribution in [2.75, 3.05) is 39.6 Å². The molecule has 0 rings (SSSR count). The molecule has 5 atom stereocenters. The fourth-order valence-corrected chi connectivity index (χ4v) is 13.2. The van der Waals surface area contributed by atoms with E-state index in [2.05, 4.69) is 27.7 Å². The van der Waals surface area contributed by atoms with Crippen molar-refractivity contribution in [1.29, 1.82) is 0 Å². The number of ether oxygens (including phenoxy) is 4. The fourth-order valence-electron chi connectivity index (χ4n) is 11.6. The Morgan fingerprint density at radius 1 is 0.255 bits per heavy atom. The van der Waals surface area contributed by atoms with Crippen LogP contribution in [0, 0.1) is 0 Å². The van der Waals surface area contributed by atoms with Gasteiger partial charge in [0.25, 0.3) is 0 Å². The molecule has 17 nitrogen and oxygen atoms in total. The third kappa shape index (κ3) is 68.6. The lowest BCUT2D eigenvalue weighted by Gasteiger charge is -2.21. The summed E-state index contributed by atoms with van der Waals surface area (Å²) in [5, 5.41) is 10.6. The molecule has 0 bridgehead atoms. The average molecular weight is 1380 g/mol. The number of carbonyl (C=O) groups excluding carboxylic acids is 4. The van der Waals surface area contributed by atoms with Crippen molar-refractivity contribution in [2.45, 2.75) is 418 Å². The minimum Gasteiger partial charge on any atom is -0.462 e. The zero-order chi connectivity index (χ0) is 69.0. The third-order valence-electron chi connectivity index (χ3n) is 17.6. The molecule has 0 aromatic rings. The molecular weight excluding hydrogens is 1230 g/mol. The second-order valence-electron chi connectivity index (χ2n) is 27.0. The Bertz CT molecular complexity index is 1790. The maximum Gasteiger partial charge on any atom is 0.472 e. The lowest BCUT2D eigenvalue weighted by Crippen LogP contribution is -2.30. The van der Waals surface area contributed by atoms with Crippen LogP contribution >= 0.6 is 15.6 Å². The van der Waals surface area contributed by atoms with E-state index in [4.69, 9.17) is 37.0 Å². The highest BCUT2D eigenvalue weighted by molar-refractivity contribution is 7.47. The van der Waals surface area contributed by atoms with Crippen LogP contribution in [-0.4, -0.2) is 96.7 Å². The van der Waals surface area contributed by atoms with Gasteiger partial charge >= 0.3 is 39.5 Å². The monoisotopic (exact) mass is 1380 g/mol. The van der Waals surface area contributed by atoms with Gasteiger partial charge in [0.05, 0.1) is 26.4 Å². The highest BCUT2D eigenvalue weighted by Gasteiger charge is 2.30. The van der Waals surface area contributed by atoms with E-state index in [1.165, 1.54) is 218 Å². The maximum atomic E-state index is 13.1. The number of phosphoric ester groups is 2. The second-order valence-corrected chi connectivity index (χ2v) is 29.9. The Labute approximate surface area is 575 Å². The van der Waals surface area contributed by atoms with E-state index in [1.54, 1.807) is 0 Å². The topological polar surface area (TPSA) is 237 Å². The number of hydrogen-bond acceptors (Lipinski definition) is 15. The first-order valence-electron chi connectivity index (χ1n) is 39.3. The first-order valence-corrected chi connectivity index (χ1v) is 42.3. The number of rotatable bonds is 76. The summed E-state index contributed by atoms with van der Waals surface area (Å²) in [5.74, 6) is -2.12. The van der Waals surface area contributed by atoms with Gasteiger partial charge in [0, 0.05) is 25.7 Å². The molecule has 0 heterocycles. The van der Waals surface area contributed by atoms with Crippen molar-refractivity contribution < 1.29 is 80.2 Å². The molecule has 0 aromatic carbocycles. The minimum atomic E-state index is -4.95. The van der Waals surface area contributed by atoms with Gasteiger partial charge < -0.3 is 33.8 Å². The molecule has 0 aliphatic heterocycles. The van der Waals surface area contributed by atoms with Gasteiger partial charge in [0.15, 0.2) is 12.2 Å². The molecule has 0 saturated carbocycles. The van der Waals surface area contributed by atoms with Crippen molar-refractivity contribution >= 4 is 39.5 Å². The number of esters is 4. The summed E-state index contributed by atoms with van der Waals surface area (Å²) >= 11 is 0. The summed E-state index contributed by atoms with van der Waals surface area (Å²) in [4.78, 5) is 72.6. The van der Waals surface area contributed by atoms with Crippen LogP contribution in [0.3, 0.4) is 0 Å². The molecule has 558 valence electrons. The molecule has 0 aromatic heterocycles. The molecular formula is C75H146O17P2. The van der Waals surface area contributed by atoms with Crippen molar-refractivity contribution in [3.8, 4) is 0 Å². The predicted octanol–water partition coefficient (Wildman–Crippen LogP) is 22.2. The Balaban J connectivity index is 5.18. The van der Waals surface area contributed by atoms with Crippen molar-refractivity contribution in [3.63, 3.8) is 0 Å². The van der Waals surface area contributed by atoms with E-state index in [-0.39, 0.29) is 25.7 Å². The van der Waals surface area contributed by atoms with E-state index in [9.17, 15) is 43.2 Å². The van der Waals surface area contributed by atoms with Gasteiger partial charge in [-0.15, -0.1) is 0 Å². The number of hydrogen-bond donors (Lipinski definition) is 3. The van der Waals surface area contributed by atoms with E-state index < -0.39 is 97.5 Å². The first-order chi connectivity index (χ1) is 45.7. The van der Waals surface area contributed by atoms with Gasteiger partial charge in [-0.3, -0.25) is 37.3 Å². The highest BCUT2D eigenvalue weighted by Crippen LogP contribution is 2.45. The molecule has 0 saturated heterocycles. The van der Waals surface area contributed by atoms with E-state index in [0.717, 1.165) is 103 Å². The van der Waals surface area contributed by atoms with E-state index in [0.29, 0.717) is 25.7 Å². The lowest BCUT2D eigenvalue weighted by atomic mass is 10.0. The maximum absolute atomic E-state index is 13.1. The molecule has 2 unspecified atom stereocenters. The molecule has 0 radical (unpaired) electrons. The molecule has 19 heteroatoms. The van der Waals surface area contributed by atoms with Crippen LogP contribution in [0.1, 0.15) is 400 Å². The van der Waals surface area contributed by atoms with Crippen LogP contribution in [0.5, 0.6) is 0 Å². The average Bonchev–Trinajstić information content (AvgIpc) is 2.67. The normalized spacial score (nSPS) is 13.9. The lowest BCUT2D eigenvalue weighted by molar-refractivity contribution is -0.161. The standard InChI is InChI=1S/C75H146O17P2/c1-5-9-13-17-21-24-27-30-33-34-35-36-37-40-43-46-50-54-58-62-75(80)92-71(66-86-73(78)60-56-52-48-44-41-38-31-28-25-22-18-14-10-6-2)68-90-94(83,84)88-64-69(76)63-87-93(81,82)89-67-70(65-85-72(77)59-55-51-47-20-16-12-8-4)91-74(79)61-57-53-49-45-42-39-32-29-26-23-19-15-11-7-3/h69-71,76H,5-68H2,1-4H3,(H,81,82)(H,83,84)/t69-,70+,71+/m0/s1. The Morgan fingerprint density at radius 3 is 0.628 bits per heavy atom. The third-order valence-corrected chi connectivity index (χ3v) is 19.5. The van der Waals surface area contributed by atoms with Crippen molar-refractivity contribution in [1.82, 2.24) is 0 Å². The Hall–Kier alpha value is -1.94. The summed E-state index contributed by atoms with van der Waals surface area (Å²) in [7, 11) is -9.90.